The molecular weight excluding hydrogens is 190 g/mol. The molecule has 84 valence electrons. The van der Waals surface area contributed by atoms with Crippen molar-refractivity contribution in [2.45, 2.75) is 52.0 Å². The molecule has 0 aliphatic heterocycles. The van der Waals surface area contributed by atoms with E-state index in [1.54, 1.807) is 0 Å². The van der Waals surface area contributed by atoms with E-state index in [2.05, 4.69) is 31.4 Å². The Bertz CT molecular complexity index is 139. The highest BCUT2D eigenvalue weighted by Gasteiger charge is 2.22. The van der Waals surface area contributed by atoms with Gasteiger partial charge in [-0.05, 0) is 31.1 Å². The molecule has 0 aromatic heterocycles. The van der Waals surface area contributed by atoms with Gasteiger partial charge >= 0.3 is 0 Å². The molecule has 1 aliphatic rings. The number of hydrogen-bond acceptors (Lipinski definition) is 2. The van der Waals surface area contributed by atoms with Gasteiger partial charge in [0.1, 0.15) is 0 Å². The Kier molecular flexibility index (Phi) is 5.95. The van der Waals surface area contributed by atoms with Crippen LogP contribution in [0.2, 0.25) is 0 Å². The van der Waals surface area contributed by atoms with Gasteiger partial charge in [-0.25, -0.2) is 0 Å². The standard InChI is InChI=1S/C12H25NS/c1-3-11(10-14)9-13(4-2)12-7-5-6-8-12/h11-12,14H,3-10H2,1-2H3. The van der Waals surface area contributed by atoms with Gasteiger partial charge in [-0.15, -0.1) is 0 Å². The largest absolute Gasteiger partial charge is 0.300 e. The summed E-state index contributed by atoms with van der Waals surface area (Å²) in [4.78, 5) is 2.68. The van der Waals surface area contributed by atoms with Gasteiger partial charge in [0.15, 0.2) is 0 Å². The van der Waals surface area contributed by atoms with Crippen molar-refractivity contribution in [3.63, 3.8) is 0 Å². The molecule has 1 unspecified atom stereocenters. The van der Waals surface area contributed by atoms with Crippen LogP contribution in [0.15, 0.2) is 0 Å². The summed E-state index contributed by atoms with van der Waals surface area (Å²) in [6.07, 6.45) is 7.01. The number of thiol groups is 1. The Balaban J connectivity index is 2.36. The van der Waals surface area contributed by atoms with E-state index < -0.39 is 0 Å². The summed E-state index contributed by atoms with van der Waals surface area (Å²) in [6, 6.07) is 0.883. The summed E-state index contributed by atoms with van der Waals surface area (Å²) in [5.41, 5.74) is 0. The van der Waals surface area contributed by atoms with Crippen LogP contribution in [-0.2, 0) is 0 Å². The molecule has 0 aromatic carbocycles. The van der Waals surface area contributed by atoms with E-state index in [1.165, 1.54) is 45.2 Å². The van der Waals surface area contributed by atoms with Crippen molar-refractivity contribution in [3.05, 3.63) is 0 Å². The first-order valence-electron chi connectivity index (χ1n) is 6.16. The molecular formula is C12H25NS. The molecule has 0 radical (unpaired) electrons. The van der Waals surface area contributed by atoms with Gasteiger partial charge in [0.2, 0.25) is 0 Å². The third-order valence-corrected chi connectivity index (χ3v) is 4.09. The van der Waals surface area contributed by atoms with Gasteiger partial charge in [0, 0.05) is 12.6 Å². The van der Waals surface area contributed by atoms with Gasteiger partial charge in [0.25, 0.3) is 0 Å². The lowest BCUT2D eigenvalue weighted by Gasteiger charge is -2.30. The van der Waals surface area contributed by atoms with Gasteiger partial charge < -0.3 is 4.90 Å². The highest BCUT2D eigenvalue weighted by atomic mass is 32.1. The van der Waals surface area contributed by atoms with Gasteiger partial charge in [-0.3, -0.25) is 0 Å². The molecule has 0 amide bonds. The lowest BCUT2D eigenvalue weighted by Crippen LogP contribution is -2.37. The van der Waals surface area contributed by atoms with E-state index in [1.807, 2.05) is 0 Å². The van der Waals surface area contributed by atoms with Crippen LogP contribution >= 0.6 is 12.6 Å². The van der Waals surface area contributed by atoms with Crippen LogP contribution in [0.1, 0.15) is 46.0 Å². The zero-order valence-corrected chi connectivity index (χ0v) is 10.6. The molecule has 1 rings (SSSR count). The molecule has 1 fully saturated rings. The Hall–Kier alpha value is 0.310. The molecule has 1 saturated carbocycles. The minimum Gasteiger partial charge on any atom is -0.300 e. The van der Waals surface area contributed by atoms with Gasteiger partial charge in [0.05, 0.1) is 0 Å². The maximum Gasteiger partial charge on any atom is 0.00952 e. The van der Waals surface area contributed by atoms with Crippen molar-refractivity contribution in [1.29, 1.82) is 0 Å². The van der Waals surface area contributed by atoms with Crippen LogP contribution in [0.25, 0.3) is 0 Å². The molecule has 0 heterocycles. The molecule has 0 saturated heterocycles. The Labute approximate surface area is 94.7 Å². The first kappa shape index (κ1) is 12.4. The van der Waals surface area contributed by atoms with E-state index in [0.717, 1.165) is 17.7 Å². The number of rotatable bonds is 6. The second kappa shape index (κ2) is 6.73. The predicted molar refractivity (Wildman–Crippen MR) is 67.1 cm³/mol. The number of nitrogens with zero attached hydrogens (tertiary/aromatic N) is 1. The number of hydrogen-bond donors (Lipinski definition) is 1. The fourth-order valence-corrected chi connectivity index (χ4v) is 2.83. The maximum absolute atomic E-state index is 4.43. The summed E-state index contributed by atoms with van der Waals surface area (Å²) in [6.45, 7) is 7.06. The van der Waals surface area contributed by atoms with E-state index in [0.29, 0.717) is 0 Å². The van der Waals surface area contributed by atoms with E-state index >= 15 is 0 Å². The fourth-order valence-electron chi connectivity index (χ4n) is 2.45. The first-order valence-corrected chi connectivity index (χ1v) is 6.79. The second-order valence-electron chi connectivity index (χ2n) is 4.48. The molecule has 2 heteroatoms. The van der Waals surface area contributed by atoms with E-state index in [4.69, 9.17) is 0 Å². The van der Waals surface area contributed by atoms with E-state index in [-0.39, 0.29) is 0 Å². The molecule has 1 nitrogen and oxygen atoms in total. The first-order chi connectivity index (χ1) is 6.81. The average molecular weight is 215 g/mol. The molecule has 1 atom stereocenters. The van der Waals surface area contributed by atoms with Crippen molar-refractivity contribution >= 4 is 12.6 Å². The summed E-state index contributed by atoms with van der Waals surface area (Å²) in [5.74, 6) is 1.83. The summed E-state index contributed by atoms with van der Waals surface area (Å²) in [5, 5.41) is 0. The Morgan fingerprint density at radius 3 is 2.36 bits per heavy atom. The van der Waals surface area contributed by atoms with Crippen molar-refractivity contribution in [3.8, 4) is 0 Å². The summed E-state index contributed by atoms with van der Waals surface area (Å²) >= 11 is 4.43. The molecule has 0 spiro atoms. The third-order valence-electron chi connectivity index (χ3n) is 3.58. The zero-order valence-electron chi connectivity index (χ0n) is 9.71. The van der Waals surface area contributed by atoms with Gasteiger partial charge in [-0.2, -0.15) is 12.6 Å². The third kappa shape index (κ3) is 3.47. The van der Waals surface area contributed by atoms with Crippen molar-refractivity contribution < 1.29 is 0 Å². The predicted octanol–water partition coefficient (Wildman–Crippen LogP) is 3.21. The van der Waals surface area contributed by atoms with E-state index in [9.17, 15) is 0 Å². The van der Waals surface area contributed by atoms with Gasteiger partial charge in [-0.1, -0.05) is 33.1 Å². The molecule has 1 aliphatic carbocycles. The highest BCUT2D eigenvalue weighted by molar-refractivity contribution is 7.80. The van der Waals surface area contributed by atoms with Crippen molar-refractivity contribution in [2.24, 2.45) is 5.92 Å². The lowest BCUT2D eigenvalue weighted by atomic mass is 10.1. The molecule has 14 heavy (non-hydrogen) atoms. The SMILES string of the molecule is CCC(CS)CN(CC)C1CCCC1. The second-order valence-corrected chi connectivity index (χ2v) is 4.85. The zero-order chi connectivity index (χ0) is 10.4. The minimum absolute atomic E-state index is 0.791. The Morgan fingerprint density at radius 2 is 1.93 bits per heavy atom. The molecule has 0 N–H and O–H groups in total. The van der Waals surface area contributed by atoms with Crippen LogP contribution in [-0.4, -0.2) is 29.8 Å². The van der Waals surface area contributed by atoms with Crippen molar-refractivity contribution in [2.75, 3.05) is 18.8 Å². The van der Waals surface area contributed by atoms with Crippen LogP contribution in [0.5, 0.6) is 0 Å². The fraction of sp³-hybridized carbons (Fsp3) is 1.00. The normalized spacial score (nSPS) is 20.6. The van der Waals surface area contributed by atoms with Crippen LogP contribution in [0.4, 0.5) is 0 Å². The average Bonchev–Trinajstić information content (AvgIpc) is 2.73. The molecule has 0 aromatic rings. The topological polar surface area (TPSA) is 3.24 Å². The monoisotopic (exact) mass is 215 g/mol. The summed E-state index contributed by atoms with van der Waals surface area (Å²) in [7, 11) is 0. The van der Waals surface area contributed by atoms with Crippen LogP contribution in [0.3, 0.4) is 0 Å². The minimum atomic E-state index is 0.791. The van der Waals surface area contributed by atoms with Crippen molar-refractivity contribution in [1.82, 2.24) is 4.90 Å². The smallest absolute Gasteiger partial charge is 0.00952 e. The van der Waals surface area contributed by atoms with Crippen LogP contribution in [0, 0.1) is 5.92 Å². The quantitative estimate of drug-likeness (QED) is 0.666. The molecule has 0 bridgehead atoms. The Morgan fingerprint density at radius 1 is 1.29 bits per heavy atom. The maximum atomic E-state index is 4.43. The van der Waals surface area contributed by atoms with Crippen LogP contribution < -0.4 is 0 Å². The lowest BCUT2D eigenvalue weighted by molar-refractivity contribution is 0.181. The highest BCUT2D eigenvalue weighted by Crippen LogP contribution is 2.24. The summed E-state index contributed by atoms with van der Waals surface area (Å²) < 4.78 is 0.